The van der Waals surface area contributed by atoms with E-state index in [1.165, 1.54) is 0 Å². The number of urea groups is 1. The summed E-state index contributed by atoms with van der Waals surface area (Å²) in [4.78, 5) is 38.8. The lowest BCUT2D eigenvalue weighted by Gasteiger charge is -2.24. The summed E-state index contributed by atoms with van der Waals surface area (Å²) in [5.74, 6) is -1.06. The number of carbonyl (C=O) groups is 3. The molecule has 1 aliphatic heterocycles. The Morgan fingerprint density at radius 3 is 2.37 bits per heavy atom. The number of imide groups is 1. The number of nitrogens with zero attached hydrogens (tertiary/aromatic N) is 2. The highest BCUT2D eigenvalue weighted by molar-refractivity contribution is 6.10. The third-order valence-electron chi connectivity index (χ3n) is 5.23. The fourth-order valence-electron chi connectivity index (χ4n) is 3.36. The third-order valence-corrected chi connectivity index (χ3v) is 5.23. The van der Waals surface area contributed by atoms with Crippen LogP contribution in [-0.2, 0) is 20.5 Å². The largest absolute Gasteiger partial charge is 0.325 e. The van der Waals surface area contributed by atoms with E-state index in [4.69, 9.17) is 5.26 Å². The van der Waals surface area contributed by atoms with E-state index >= 15 is 0 Å². The van der Waals surface area contributed by atoms with Crippen LogP contribution in [0.15, 0.2) is 48.5 Å². The summed E-state index contributed by atoms with van der Waals surface area (Å²) in [5, 5.41) is 14.4. The Kier molecular flexibility index (Phi) is 5.36. The zero-order valence-electron chi connectivity index (χ0n) is 17.4. The molecular formula is C23H24N4O3. The molecular weight excluding hydrogens is 380 g/mol. The van der Waals surface area contributed by atoms with Gasteiger partial charge in [-0.3, -0.25) is 14.5 Å². The second-order valence-electron chi connectivity index (χ2n) is 8.48. The predicted octanol–water partition coefficient (Wildman–Crippen LogP) is 3.26. The average molecular weight is 404 g/mol. The first-order valence-electron chi connectivity index (χ1n) is 9.60. The van der Waals surface area contributed by atoms with E-state index in [1.54, 1.807) is 31.2 Å². The van der Waals surface area contributed by atoms with Crippen molar-refractivity contribution in [2.45, 2.75) is 38.6 Å². The Morgan fingerprint density at radius 2 is 1.77 bits per heavy atom. The van der Waals surface area contributed by atoms with Gasteiger partial charge in [-0.2, -0.15) is 5.26 Å². The highest BCUT2D eigenvalue weighted by Crippen LogP contribution is 2.31. The Hall–Kier alpha value is -3.66. The number of carbonyl (C=O) groups excluding carboxylic acids is 3. The number of nitriles is 1. The van der Waals surface area contributed by atoms with Crippen LogP contribution in [0, 0.1) is 11.3 Å². The van der Waals surface area contributed by atoms with Crippen molar-refractivity contribution in [1.82, 2.24) is 10.2 Å². The minimum Gasteiger partial charge on any atom is -0.323 e. The van der Waals surface area contributed by atoms with Crippen LogP contribution >= 0.6 is 0 Å². The van der Waals surface area contributed by atoms with Crippen LogP contribution in [0.3, 0.4) is 0 Å². The third kappa shape index (κ3) is 3.90. The molecule has 0 aromatic heterocycles. The molecule has 4 amide bonds. The molecule has 0 spiro atoms. The highest BCUT2D eigenvalue weighted by atomic mass is 16.2. The van der Waals surface area contributed by atoms with Crippen molar-refractivity contribution in [3.63, 3.8) is 0 Å². The number of hydrogen-bond donors (Lipinski definition) is 2. The monoisotopic (exact) mass is 404 g/mol. The van der Waals surface area contributed by atoms with E-state index in [0.29, 0.717) is 16.8 Å². The van der Waals surface area contributed by atoms with Crippen LogP contribution in [0.5, 0.6) is 0 Å². The summed E-state index contributed by atoms with van der Waals surface area (Å²) >= 11 is 0. The van der Waals surface area contributed by atoms with Gasteiger partial charge in [-0.05, 0) is 35.6 Å². The minimum absolute atomic E-state index is 0.0355. The van der Waals surface area contributed by atoms with E-state index in [0.717, 1.165) is 10.5 Å². The molecule has 2 aromatic rings. The molecule has 0 unspecified atom stereocenters. The maximum Gasteiger partial charge on any atom is 0.325 e. The number of anilines is 1. The van der Waals surface area contributed by atoms with E-state index in [-0.39, 0.29) is 5.41 Å². The smallest absolute Gasteiger partial charge is 0.323 e. The van der Waals surface area contributed by atoms with Gasteiger partial charge in [0.2, 0.25) is 5.91 Å². The first-order chi connectivity index (χ1) is 14.1. The molecule has 1 saturated heterocycles. The van der Waals surface area contributed by atoms with Gasteiger partial charge in [0.1, 0.15) is 18.2 Å². The minimum atomic E-state index is -1.25. The maximum atomic E-state index is 13.0. The number of hydrogen-bond acceptors (Lipinski definition) is 4. The standard InChI is InChI=1S/C23H24N4O3/c1-22(2,3)16-9-11-17(12-10-16)23(4)20(29)27(21(30)26-23)14-19(28)25-18-8-6-5-7-15(18)13-24/h5-12H,14H2,1-4H3,(H,25,28)(H,26,30)/t23-/m1/s1. The van der Waals surface area contributed by atoms with Gasteiger partial charge >= 0.3 is 6.03 Å². The fraction of sp³-hybridized carbons (Fsp3) is 0.304. The molecule has 30 heavy (non-hydrogen) atoms. The summed E-state index contributed by atoms with van der Waals surface area (Å²) in [5.41, 5.74) is 1.10. The zero-order valence-corrected chi connectivity index (χ0v) is 17.4. The Labute approximate surface area is 175 Å². The lowest BCUT2D eigenvalue weighted by molar-refractivity contribution is -0.133. The van der Waals surface area contributed by atoms with Crippen LogP contribution < -0.4 is 10.6 Å². The molecule has 2 aromatic carbocycles. The molecule has 2 N–H and O–H groups in total. The van der Waals surface area contributed by atoms with Gasteiger partial charge in [-0.15, -0.1) is 0 Å². The fourth-order valence-corrected chi connectivity index (χ4v) is 3.36. The van der Waals surface area contributed by atoms with E-state index in [2.05, 4.69) is 31.4 Å². The number of para-hydroxylation sites is 1. The summed E-state index contributed by atoms with van der Waals surface area (Å²) < 4.78 is 0. The van der Waals surface area contributed by atoms with Gasteiger partial charge in [0, 0.05) is 0 Å². The average Bonchev–Trinajstić information content (AvgIpc) is 2.92. The SMILES string of the molecule is CC(C)(C)c1ccc([C@@]2(C)NC(=O)N(CC(=O)Nc3ccccc3C#N)C2=O)cc1. The normalized spacial score (nSPS) is 18.7. The molecule has 0 bridgehead atoms. The van der Waals surface area contributed by atoms with Crippen LogP contribution in [0.1, 0.15) is 44.4 Å². The van der Waals surface area contributed by atoms with Gasteiger partial charge in [-0.1, -0.05) is 57.2 Å². The highest BCUT2D eigenvalue weighted by Gasteiger charge is 2.49. The van der Waals surface area contributed by atoms with Gasteiger partial charge in [0.25, 0.3) is 5.91 Å². The lowest BCUT2D eigenvalue weighted by Crippen LogP contribution is -2.42. The molecule has 1 atom stereocenters. The van der Waals surface area contributed by atoms with Crippen molar-refractivity contribution < 1.29 is 14.4 Å². The number of benzene rings is 2. The zero-order chi connectivity index (χ0) is 22.1. The van der Waals surface area contributed by atoms with Gasteiger partial charge < -0.3 is 10.6 Å². The topological polar surface area (TPSA) is 102 Å². The van der Waals surface area contributed by atoms with E-state index in [1.807, 2.05) is 30.3 Å². The van der Waals surface area contributed by atoms with E-state index < -0.39 is 29.9 Å². The van der Waals surface area contributed by atoms with Crippen molar-refractivity contribution in [3.8, 4) is 6.07 Å². The van der Waals surface area contributed by atoms with Crippen molar-refractivity contribution in [2.75, 3.05) is 11.9 Å². The number of rotatable bonds is 4. The Bertz CT molecular complexity index is 1050. The van der Waals surface area contributed by atoms with Crippen LogP contribution in [0.4, 0.5) is 10.5 Å². The second-order valence-corrected chi connectivity index (χ2v) is 8.48. The molecule has 1 aliphatic rings. The van der Waals surface area contributed by atoms with E-state index in [9.17, 15) is 14.4 Å². The predicted molar refractivity (Wildman–Crippen MR) is 113 cm³/mol. The van der Waals surface area contributed by atoms with Gasteiger partial charge in [-0.25, -0.2) is 4.79 Å². The van der Waals surface area contributed by atoms with Crippen molar-refractivity contribution in [2.24, 2.45) is 0 Å². The second kappa shape index (κ2) is 7.64. The van der Waals surface area contributed by atoms with Gasteiger partial charge in [0.05, 0.1) is 11.3 Å². The number of nitrogens with one attached hydrogen (secondary N) is 2. The number of amides is 4. The summed E-state index contributed by atoms with van der Waals surface area (Å²) in [6.45, 7) is 7.47. The van der Waals surface area contributed by atoms with Crippen LogP contribution in [0.25, 0.3) is 0 Å². The van der Waals surface area contributed by atoms with Crippen molar-refractivity contribution in [1.29, 1.82) is 5.26 Å². The lowest BCUT2D eigenvalue weighted by atomic mass is 9.84. The molecule has 154 valence electrons. The van der Waals surface area contributed by atoms with Crippen molar-refractivity contribution >= 4 is 23.5 Å². The molecule has 1 heterocycles. The Morgan fingerprint density at radius 1 is 1.13 bits per heavy atom. The van der Waals surface area contributed by atoms with Crippen LogP contribution in [-0.4, -0.2) is 29.3 Å². The maximum absolute atomic E-state index is 13.0. The Balaban J connectivity index is 1.77. The summed E-state index contributed by atoms with van der Waals surface area (Å²) in [7, 11) is 0. The first kappa shape index (κ1) is 21.1. The molecule has 7 nitrogen and oxygen atoms in total. The summed E-state index contributed by atoms with van der Waals surface area (Å²) in [6.07, 6.45) is 0. The molecule has 0 aliphatic carbocycles. The molecule has 0 radical (unpaired) electrons. The van der Waals surface area contributed by atoms with Gasteiger partial charge in [0.15, 0.2) is 0 Å². The van der Waals surface area contributed by atoms with Crippen molar-refractivity contribution in [3.05, 3.63) is 65.2 Å². The quantitative estimate of drug-likeness (QED) is 0.764. The molecule has 1 fully saturated rings. The molecule has 7 heteroatoms. The van der Waals surface area contributed by atoms with Crippen LogP contribution in [0.2, 0.25) is 0 Å². The first-order valence-corrected chi connectivity index (χ1v) is 9.60. The summed E-state index contributed by atoms with van der Waals surface area (Å²) in [6, 6.07) is 15.4. The molecule has 3 rings (SSSR count). The molecule has 0 saturated carbocycles.